The second kappa shape index (κ2) is 10.8. The fourth-order valence-electron chi connectivity index (χ4n) is 5.17. The van der Waals surface area contributed by atoms with Crippen LogP contribution in [0.2, 0.25) is 0 Å². The van der Waals surface area contributed by atoms with Gasteiger partial charge < -0.3 is 15.5 Å². The number of nitrogens with one attached hydrogen (secondary N) is 2. The summed E-state index contributed by atoms with van der Waals surface area (Å²) in [5.74, 6) is 0.0466. The van der Waals surface area contributed by atoms with E-state index >= 15 is 0 Å². The minimum absolute atomic E-state index is 0.249. The van der Waals surface area contributed by atoms with Gasteiger partial charge in [-0.2, -0.15) is 0 Å². The average molecular weight is 481 g/mol. The quantitative estimate of drug-likeness (QED) is 0.486. The van der Waals surface area contributed by atoms with E-state index in [9.17, 15) is 9.59 Å². The minimum Gasteiger partial charge on any atom is -0.311 e. The van der Waals surface area contributed by atoms with Crippen LogP contribution in [0.15, 0.2) is 83.9 Å². The smallest absolute Gasteiger partial charge is 0.311 e. The zero-order chi connectivity index (χ0) is 24.9. The van der Waals surface area contributed by atoms with Gasteiger partial charge >= 0.3 is 6.03 Å². The third-order valence-corrected chi connectivity index (χ3v) is 7.10. The lowest BCUT2D eigenvalue weighted by Crippen LogP contribution is -2.47. The Hall–Kier alpha value is -3.93. The van der Waals surface area contributed by atoms with Crippen LogP contribution in [0.1, 0.15) is 48.8 Å². The molecule has 1 saturated carbocycles. The molecule has 1 aliphatic heterocycles. The number of hydrogen-bond donors (Lipinski definition) is 2. The molecule has 6 heteroatoms. The summed E-state index contributed by atoms with van der Waals surface area (Å²) in [4.78, 5) is 32.7. The van der Waals surface area contributed by atoms with E-state index in [0.29, 0.717) is 11.6 Å². The lowest BCUT2D eigenvalue weighted by Gasteiger charge is -2.25. The van der Waals surface area contributed by atoms with E-state index in [1.165, 1.54) is 12.0 Å². The molecule has 36 heavy (non-hydrogen) atoms. The van der Waals surface area contributed by atoms with E-state index in [1.54, 1.807) is 11.9 Å². The summed E-state index contributed by atoms with van der Waals surface area (Å²) in [6.45, 7) is 0. The predicted molar refractivity (Wildman–Crippen MR) is 145 cm³/mol. The molecule has 2 aliphatic rings. The molecule has 0 bridgehead atoms. The fraction of sp³-hybridized carbons (Fsp3) is 0.300. The number of benzodiazepines with no additional fused rings is 1. The first-order chi connectivity index (χ1) is 17.6. The average Bonchev–Trinajstić information content (AvgIpc) is 3.01. The van der Waals surface area contributed by atoms with Crippen LogP contribution < -0.4 is 15.5 Å². The molecule has 6 nitrogen and oxygen atoms in total. The Labute approximate surface area is 212 Å². The van der Waals surface area contributed by atoms with Crippen molar-refractivity contribution in [3.8, 4) is 0 Å². The van der Waals surface area contributed by atoms with Crippen LogP contribution in [0.25, 0.3) is 0 Å². The molecule has 0 spiro atoms. The Morgan fingerprint density at radius 1 is 0.889 bits per heavy atom. The highest BCUT2D eigenvalue weighted by Gasteiger charge is 2.33. The van der Waals surface area contributed by atoms with Crippen molar-refractivity contribution < 1.29 is 9.59 Å². The van der Waals surface area contributed by atoms with Crippen LogP contribution in [-0.2, 0) is 11.2 Å². The van der Waals surface area contributed by atoms with E-state index in [4.69, 9.17) is 4.99 Å². The number of fused-ring (bicyclic) bond motifs is 1. The first-order valence-corrected chi connectivity index (χ1v) is 12.7. The Morgan fingerprint density at radius 2 is 1.56 bits per heavy atom. The number of carbonyl (C=O) groups is 2. The van der Waals surface area contributed by atoms with Crippen molar-refractivity contribution in [2.24, 2.45) is 10.9 Å². The maximum absolute atomic E-state index is 13.3. The number of hydrogen-bond acceptors (Lipinski definition) is 3. The standard InChI is InChI=1S/C30H32N4O2/c1-34-26-15-9-8-14-25(26)27(23-12-6-3-7-13-23)32-28(29(34)35)33-30(36)31-24-18-16-22(17-19-24)20-21-10-4-2-5-11-21/h2,4-5,8-11,14-19,23,28H,3,6-7,12-13,20H2,1H3,(H2,31,33,36). The summed E-state index contributed by atoms with van der Waals surface area (Å²) in [7, 11) is 1.75. The van der Waals surface area contributed by atoms with Gasteiger partial charge in [0.15, 0.2) is 0 Å². The molecule has 1 atom stereocenters. The predicted octanol–water partition coefficient (Wildman–Crippen LogP) is 5.77. The number of benzene rings is 3. The van der Waals surface area contributed by atoms with Gasteiger partial charge in [-0.1, -0.05) is 79.9 Å². The number of nitrogens with zero attached hydrogens (tertiary/aromatic N) is 2. The normalized spacial score (nSPS) is 18.1. The minimum atomic E-state index is -0.975. The summed E-state index contributed by atoms with van der Waals surface area (Å²) < 4.78 is 0. The number of aliphatic imine (C=N–C) groups is 1. The Morgan fingerprint density at radius 3 is 2.31 bits per heavy atom. The van der Waals surface area contributed by atoms with Gasteiger partial charge in [0.05, 0.1) is 11.4 Å². The lowest BCUT2D eigenvalue weighted by atomic mass is 9.83. The molecule has 3 aromatic rings. The number of carbonyl (C=O) groups excluding carboxylic acids is 2. The Balaban J connectivity index is 1.31. The monoisotopic (exact) mass is 480 g/mol. The first-order valence-electron chi connectivity index (χ1n) is 12.7. The molecular weight excluding hydrogens is 448 g/mol. The second-order valence-corrected chi connectivity index (χ2v) is 9.62. The maximum atomic E-state index is 13.3. The van der Waals surface area contributed by atoms with E-state index < -0.39 is 12.2 Å². The van der Waals surface area contributed by atoms with Gasteiger partial charge in [-0.15, -0.1) is 0 Å². The zero-order valence-electron chi connectivity index (χ0n) is 20.6. The van der Waals surface area contributed by atoms with Gasteiger partial charge in [0, 0.05) is 24.2 Å². The topological polar surface area (TPSA) is 73.8 Å². The molecule has 0 aromatic heterocycles. The van der Waals surface area contributed by atoms with Crippen LogP contribution in [0, 0.1) is 5.92 Å². The summed E-state index contributed by atoms with van der Waals surface area (Å²) >= 11 is 0. The SMILES string of the molecule is CN1C(=O)C(NC(=O)Nc2ccc(Cc3ccccc3)cc2)N=C(C2CCCCC2)c2ccccc21. The van der Waals surface area contributed by atoms with Gasteiger partial charge in [-0.25, -0.2) is 4.79 Å². The van der Waals surface area contributed by atoms with Crippen molar-refractivity contribution in [1.82, 2.24) is 5.32 Å². The maximum Gasteiger partial charge on any atom is 0.321 e. The van der Waals surface area contributed by atoms with Crippen LogP contribution >= 0.6 is 0 Å². The largest absolute Gasteiger partial charge is 0.321 e. The van der Waals surface area contributed by atoms with Gasteiger partial charge in [0.1, 0.15) is 0 Å². The Kier molecular flexibility index (Phi) is 7.12. The summed E-state index contributed by atoms with van der Waals surface area (Å²) in [6.07, 6.45) is 5.52. The number of para-hydroxylation sites is 1. The van der Waals surface area contributed by atoms with E-state index in [-0.39, 0.29) is 5.91 Å². The molecule has 3 amide bonds. The number of likely N-dealkylation sites (N-methyl/N-ethyl adjacent to an activating group) is 1. The van der Waals surface area contributed by atoms with Crippen molar-refractivity contribution >= 4 is 29.0 Å². The van der Waals surface area contributed by atoms with Crippen molar-refractivity contribution in [2.75, 3.05) is 17.3 Å². The highest BCUT2D eigenvalue weighted by molar-refractivity contribution is 6.14. The number of urea groups is 1. The van der Waals surface area contributed by atoms with Crippen LogP contribution in [-0.4, -0.2) is 30.9 Å². The fourth-order valence-corrected chi connectivity index (χ4v) is 5.17. The molecule has 184 valence electrons. The highest BCUT2D eigenvalue weighted by Crippen LogP contribution is 2.33. The lowest BCUT2D eigenvalue weighted by molar-refractivity contribution is -0.119. The van der Waals surface area contributed by atoms with E-state index in [0.717, 1.165) is 54.6 Å². The molecule has 1 aliphatic carbocycles. The molecule has 1 unspecified atom stereocenters. The molecular formula is C30H32N4O2. The first kappa shape index (κ1) is 23.8. The molecule has 3 aromatic carbocycles. The van der Waals surface area contributed by atoms with Gasteiger partial charge in [0.2, 0.25) is 6.17 Å². The van der Waals surface area contributed by atoms with Crippen molar-refractivity contribution in [3.63, 3.8) is 0 Å². The Bertz CT molecular complexity index is 1250. The molecule has 5 rings (SSSR count). The van der Waals surface area contributed by atoms with Gasteiger partial charge in [0.25, 0.3) is 5.91 Å². The van der Waals surface area contributed by atoms with E-state index in [1.807, 2.05) is 66.7 Å². The number of amides is 3. The summed E-state index contributed by atoms with van der Waals surface area (Å²) in [5.41, 5.74) is 5.81. The molecule has 0 saturated heterocycles. The van der Waals surface area contributed by atoms with Gasteiger partial charge in [-0.05, 0) is 48.6 Å². The van der Waals surface area contributed by atoms with Gasteiger partial charge in [-0.3, -0.25) is 9.79 Å². The van der Waals surface area contributed by atoms with Crippen LogP contribution in [0.3, 0.4) is 0 Å². The van der Waals surface area contributed by atoms with E-state index in [2.05, 4.69) is 22.8 Å². The summed E-state index contributed by atoms with van der Waals surface area (Å²) in [6, 6.07) is 25.5. The number of rotatable bonds is 5. The summed E-state index contributed by atoms with van der Waals surface area (Å²) in [5, 5.41) is 5.68. The number of anilines is 2. The molecule has 1 fully saturated rings. The molecule has 1 heterocycles. The third-order valence-electron chi connectivity index (χ3n) is 7.10. The van der Waals surface area contributed by atoms with Crippen LogP contribution in [0.4, 0.5) is 16.2 Å². The highest BCUT2D eigenvalue weighted by atomic mass is 16.2. The second-order valence-electron chi connectivity index (χ2n) is 9.62. The van der Waals surface area contributed by atoms with Crippen LogP contribution in [0.5, 0.6) is 0 Å². The third kappa shape index (κ3) is 5.33. The van der Waals surface area contributed by atoms with Crippen molar-refractivity contribution in [3.05, 3.63) is 95.6 Å². The molecule has 0 radical (unpaired) electrons. The van der Waals surface area contributed by atoms with Crippen molar-refractivity contribution in [2.45, 2.75) is 44.7 Å². The molecule has 2 N–H and O–H groups in total. The zero-order valence-corrected chi connectivity index (χ0v) is 20.6. The van der Waals surface area contributed by atoms with Crippen molar-refractivity contribution in [1.29, 1.82) is 0 Å².